The fraction of sp³-hybridized carbons (Fsp3) is 0.368. The fourth-order valence-corrected chi connectivity index (χ4v) is 4.43. The highest BCUT2D eigenvalue weighted by atomic mass is 32.2. The van der Waals surface area contributed by atoms with Gasteiger partial charge < -0.3 is 15.5 Å². The zero-order valence-electron chi connectivity index (χ0n) is 14.1. The second-order valence-electron chi connectivity index (χ2n) is 6.58. The number of hydrogen-bond acceptors (Lipinski definition) is 5. The molecule has 4 nitrogen and oxygen atoms in total. The fourth-order valence-electron chi connectivity index (χ4n) is 3.46. The maximum absolute atomic E-state index is 6.15. The number of anilines is 1. The van der Waals surface area contributed by atoms with Gasteiger partial charge in [0.25, 0.3) is 0 Å². The van der Waals surface area contributed by atoms with Crippen LogP contribution in [0.5, 0.6) is 0 Å². The second-order valence-corrected chi connectivity index (χ2v) is 7.61. The Bertz CT molecular complexity index is 714. The van der Waals surface area contributed by atoms with Gasteiger partial charge in [-0.25, -0.2) is 0 Å². The number of piperazine rings is 1. The van der Waals surface area contributed by atoms with Crippen molar-refractivity contribution < 1.29 is 0 Å². The molecule has 0 atom stereocenters. The Morgan fingerprint density at radius 1 is 1.12 bits per heavy atom. The van der Waals surface area contributed by atoms with Crippen LogP contribution < -0.4 is 10.6 Å². The summed E-state index contributed by atoms with van der Waals surface area (Å²) in [7, 11) is 2.20. The summed E-state index contributed by atoms with van der Waals surface area (Å²) in [5.41, 5.74) is 10.9. The zero-order chi connectivity index (χ0) is 16.5. The maximum atomic E-state index is 6.15. The number of para-hydroxylation sites is 1. The molecule has 0 aliphatic carbocycles. The molecule has 0 unspecified atom stereocenters. The first kappa shape index (κ1) is 15.8. The molecule has 126 valence electrons. The SMILES string of the molecule is CN1CCN(Cc2ccccc2N2C=CC(N)=C3SCC=C32)CC1. The molecule has 0 radical (unpaired) electrons. The van der Waals surface area contributed by atoms with Crippen LogP contribution in [0.3, 0.4) is 0 Å². The Labute approximate surface area is 148 Å². The largest absolute Gasteiger partial charge is 0.398 e. The van der Waals surface area contributed by atoms with Crippen molar-refractivity contribution in [3.8, 4) is 0 Å². The lowest BCUT2D eigenvalue weighted by molar-refractivity contribution is 0.148. The minimum atomic E-state index is 0.886. The standard InChI is InChI=1S/C19H24N4S/c1-21-9-11-22(12-10-21)14-15-4-2-3-5-17(15)23-8-6-16(20)19-18(23)7-13-24-19/h2-8H,9-14,20H2,1H3. The normalized spacial score (nSPS) is 22.0. The third-order valence-electron chi connectivity index (χ3n) is 4.90. The lowest BCUT2D eigenvalue weighted by Crippen LogP contribution is -2.44. The van der Waals surface area contributed by atoms with E-state index in [9.17, 15) is 0 Å². The van der Waals surface area contributed by atoms with E-state index in [1.54, 1.807) is 0 Å². The molecule has 0 aromatic heterocycles. The van der Waals surface area contributed by atoms with Crippen LogP contribution in [-0.2, 0) is 6.54 Å². The first-order chi connectivity index (χ1) is 11.7. The summed E-state index contributed by atoms with van der Waals surface area (Å²) in [5, 5.41) is 0. The highest BCUT2D eigenvalue weighted by molar-refractivity contribution is 8.03. The number of allylic oxidation sites excluding steroid dienone is 1. The van der Waals surface area contributed by atoms with Crippen LogP contribution in [0.2, 0.25) is 0 Å². The molecule has 1 aromatic carbocycles. The molecule has 24 heavy (non-hydrogen) atoms. The van der Waals surface area contributed by atoms with Gasteiger partial charge in [0.05, 0.1) is 16.3 Å². The van der Waals surface area contributed by atoms with E-state index in [1.807, 2.05) is 17.8 Å². The Hall–Kier alpha value is -1.69. The number of hydrogen-bond donors (Lipinski definition) is 1. The summed E-state index contributed by atoms with van der Waals surface area (Å²) >= 11 is 1.83. The van der Waals surface area contributed by atoms with Crippen molar-refractivity contribution in [1.82, 2.24) is 9.80 Å². The quantitative estimate of drug-likeness (QED) is 0.915. The molecule has 4 rings (SSSR count). The molecule has 3 aliphatic heterocycles. The lowest BCUT2D eigenvalue weighted by Gasteiger charge is -2.34. The van der Waals surface area contributed by atoms with Gasteiger partial charge in [-0.1, -0.05) is 18.2 Å². The summed E-state index contributed by atoms with van der Waals surface area (Å²) in [6.07, 6.45) is 6.42. The highest BCUT2D eigenvalue weighted by Crippen LogP contribution is 2.41. The lowest BCUT2D eigenvalue weighted by atomic mass is 10.1. The molecular weight excluding hydrogens is 316 g/mol. The van der Waals surface area contributed by atoms with E-state index in [4.69, 9.17) is 5.73 Å². The van der Waals surface area contributed by atoms with E-state index in [0.29, 0.717) is 0 Å². The van der Waals surface area contributed by atoms with Crippen molar-refractivity contribution in [2.45, 2.75) is 6.54 Å². The van der Waals surface area contributed by atoms with Gasteiger partial charge in [0.2, 0.25) is 0 Å². The molecule has 0 amide bonds. The number of fused-ring (bicyclic) bond motifs is 1. The molecule has 0 spiro atoms. The minimum absolute atomic E-state index is 0.886. The number of rotatable bonds is 3. The number of benzene rings is 1. The van der Waals surface area contributed by atoms with E-state index in [1.165, 1.54) is 21.9 Å². The van der Waals surface area contributed by atoms with Crippen LogP contribution in [0.25, 0.3) is 0 Å². The average Bonchev–Trinajstić information content (AvgIpc) is 3.09. The summed E-state index contributed by atoms with van der Waals surface area (Å²) in [6.45, 7) is 5.58. The van der Waals surface area contributed by atoms with Gasteiger partial charge in [-0.2, -0.15) is 0 Å². The van der Waals surface area contributed by atoms with Crippen molar-refractivity contribution >= 4 is 17.4 Å². The number of thioether (sulfide) groups is 1. The number of nitrogens with zero attached hydrogens (tertiary/aromatic N) is 3. The van der Waals surface area contributed by atoms with E-state index in [2.05, 4.69) is 58.3 Å². The Balaban J connectivity index is 1.60. The summed E-state index contributed by atoms with van der Waals surface area (Å²) in [5.74, 6) is 1.00. The molecule has 3 heterocycles. The third kappa shape index (κ3) is 2.99. The van der Waals surface area contributed by atoms with Crippen LogP contribution in [0.1, 0.15) is 5.56 Å². The first-order valence-electron chi connectivity index (χ1n) is 8.52. The van der Waals surface area contributed by atoms with Crippen molar-refractivity contribution in [3.05, 3.63) is 64.5 Å². The van der Waals surface area contributed by atoms with E-state index >= 15 is 0 Å². The molecule has 1 aromatic rings. The topological polar surface area (TPSA) is 35.7 Å². The smallest absolute Gasteiger partial charge is 0.0581 e. The summed E-state index contributed by atoms with van der Waals surface area (Å²) in [4.78, 5) is 8.47. The van der Waals surface area contributed by atoms with Crippen LogP contribution in [0.4, 0.5) is 5.69 Å². The molecule has 5 heteroatoms. The molecule has 0 bridgehead atoms. The monoisotopic (exact) mass is 340 g/mol. The Morgan fingerprint density at radius 3 is 2.75 bits per heavy atom. The second kappa shape index (κ2) is 6.67. The van der Waals surface area contributed by atoms with Gasteiger partial charge in [0.1, 0.15) is 0 Å². The molecule has 3 aliphatic rings. The molecule has 1 saturated heterocycles. The average molecular weight is 340 g/mol. The molecule has 0 saturated carbocycles. The Kier molecular flexibility index (Phi) is 4.39. The van der Waals surface area contributed by atoms with Crippen molar-refractivity contribution in [3.63, 3.8) is 0 Å². The van der Waals surface area contributed by atoms with Crippen molar-refractivity contribution in [2.24, 2.45) is 5.73 Å². The number of likely N-dealkylation sites (N-methyl/N-ethyl adjacent to an activating group) is 1. The summed E-state index contributed by atoms with van der Waals surface area (Å²) in [6, 6.07) is 8.75. The third-order valence-corrected chi connectivity index (χ3v) is 5.97. The van der Waals surface area contributed by atoms with Crippen LogP contribution >= 0.6 is 11.8 Å². The van der Waals surface area contributed by atoms with Crippen LogP contribution in [0.15, 0.2) is 58.9 Å². The van der Waals surface area contributed by atoms with E-state index in [-0.39, 0.29) is 0 Å². The molecule has 2 N–H and O–H groups in total. The van der Waals surface area contributed by atoms with Gasteiger partial charge in [-0.05, 0) is 30.8 Å². The predicted molar refractivity (Wildman–Crippen MR) is 103 cm³/mol. The van der Waals surface area contributed by atoms with Gasteiger partial charge >= 0.3 is 0 Å². The molecular formula is C19H24N4S. The van der Waals surface area contributed by atoms with Gasteiger partial charge in [0, 0.05) is 50.4 Å². The zero-order valence-corrected chi connectivity index (χ0v) is 14.9. The van der Waals surface area contributed by atoms with Gasteiger partial charge in [-0.15, -0.1) is 11.8 Å². The van der Waals surface area contributed by atoms with Gasteiger partial charge in [-0.3, -0.25) is 4.90 Å². The maximum Gasteiger partial charge on any atom is 0.0581 e. The van der Waals surface area contributed by atoms with Crippen LogP contribution in [-0.4, -0.2) is 48.8 Å². The van der Waals surface area contributed by atoms with E-state index in [0.717, 1.165) is 44.2 Å². The Morgan fingerprint density at radius 2 is 1.92 bits per heavy atom. The van der Waals surface area contributed by atoms with Crippen LogP contribution in [0, 0.1) is 0 Å². The summed E-state index contributed by atoms with van der Waals surface area (Å²) < 4.78 is 0. The minimum Gasteiger partial charge on any atom is -0.398 e. The number of nitrogens with two attached hydrogens (primary N) is 1. The first-order valence-corrected chi connectivity index (χ1v) is 9.50. The molecule has 1 fully saturated rings. The van der Waals surface area contributed by atoms with Gasteiger partial charge in [0.15, 0.2) is 0 Å². The van der Waals surface area contributed by atoms with E-state index < -0.39 is 0 Å². The van der Waals surface area contributed by atoms with Crippen molar-refractivity contribution in [1.29, 1.82) is 0 Å². The predicted octanol–water partition coefficient (Wildman–Crippen LogP) is 2.57. The highest BCUT2D eigenvalue weighted by Gasteiger charge is 2.25. The van der Waals surface area contributed by atoms with Crippen molar-refractivity contribution in [2.75, 3.05) is 43.9 Å².